The van der Waals surface area contributed by atoms with Crippen LogP contribution >= 0.6 is 0 Å². The van der Waals surface area contributed by atoms with Gasteiger partial charge < -0.3 is 0 Å². The van der Waals surface area contributed by atoms with Gasteiger partial charge in [0, 0.05) is 6.07 Å². The van der Waals surface area contributed by atoms with E-state index in [-0.39, 0.29) is 16.8 Å². The Morgan fingerprint density at radius 1 is 1.08 bits per heavy atom. The van der Waals surface area contributed by atoms with Gasteiger partial charge in [0.25, 0.3) is 17.5 Å². The fraction of sp³-hybridized carbons (Fsp3) is 0.0556. The second-order valence-electron chi connectivity index (χ2n) is 5.61. The van der Waals surface area contributed by atoms with Crippen LogP contribution in [0.2, 0.25) is 0 Å². The van der Waals surface area contributed by atoms with Gasteiger partial charge in [-0.1, -0.05) is 24.3 Å². The van der Waals surface area contributed by atoms with Crippen LogP contribution in [0.4, 0.5) is 16.2 Å². The number of nitrogens with zero attached hydrogens (tertiary/aromatic N) is 2. The number of aryl methyl sites for hydroxylation is 1. The highest BCUT2D eigenvalue weighted by Crippen LogP contribution is 2.25. The van der Waals surface area contributed by atoms with Crippen LogP contribution in [0.15, 0.2) is 54.1 Å². The second kappa shape index (κ2) is 6.60. The largest absolute Gasteiger partial charge is 0.335 e. The minimum absolute atomic E-state index is 0.0922. The Bertz CT molecular complexity index is 980. The molecule has 8 nitrogen and oxygen atoms in total. The fourth-order valence-corrected chi connectivity index (χ4v) is 2.59. The van der Waals surface area contributed by atoms with Crippen molar-refractivity contribution in [3.05, 3.63) is 75.3 Å². The highest BCUT2D eigenvalue weighted by atomic mass is 16.6. The van der Waals surface area contributed by atoms with Gasteiger partial charge in [0.1, 0.15) is 5.57 Å². The Morgan fingerprint density at radius 3 is 2.50 bits per heavy atom. The van der Waals surface area contributed by atoms with Crippen LogP contribution in [0.25, 0.3) is 6.08 Å². The summed E-state index contributed by atoms with van der Waals surface area (Å²) in [6, 6.07) is 11.5. The first-order valence-electron chi connectivity index (χ1n) is 7.60. The average Bonchev–Trinajstić information content (AvgIpc) is 2.58. The van der Waals surface area contributed by atoms with E-state index in [0.717, 1.165) is 16.5 Å². The number of hydrogen-bond acceptors (Lipinski definition) is 5. The van der Waals surface area contributed by atoms with Gasteiger partial charge >= 0.3 is 6.03 Å². The van der Waals surface area contributed by atoms with E-state index in [9.17, 15) is 24.5 Å². The molecule has 0 saturated carbocycles. The van der Waals surface area contributed by atoms with Gasteiger partial charge in [-0.15, -0.1) is 0 Å². The molecular weight excluding hydrogens is 338 g/mol. The van der Waals surface area contributed by atoms with Crippen molar-refractivity contribution in [1.82, 2.24) is 5.32 Å². The zero-order chi connectivity index (χ0) is 18.8. The molecule has 1 aliphatic rings. The van der Waals surface area contributed by atoms with Gasteiger partial charge in [-0.2, -0.15) is 0 Å². The Hall–Kier alpha value is -3.81. The van der Waals surface area contributed by atoms with Crippen LogP contribution in [0.5, 0.6) is 0 Å². The molecule has 0 radical (unpaired) electrons. The molecule has 0 bridgehead atoms. The average molecular weight is 351 g/mol. The number of nitrogens with one attached hydrogen (secondary N) is 1. The fourth-order valence-electron chi connectivity index (χ4n) is 2.59. The number of anilines is 1. The first kappa shape index (κ1) is 17.0. The zero-order valence-electron chi connectivity index (χ0n) is 13.6. The molecule has 0 aliphatic carbocycles. The predicted molar refractivity (Wildman–Crippen MR) is 93.3 cm³/mol. The lowest BCUT2D eigenvalue weighted by molar-refractivity contribution is -0.385. The normalized spacial score (nSPS) is 16.0. The van der Waals surface area contributed by atoms with Gasteiger partial charge in [0.15, 0.2) is 0 Å². The SMILES string of the molecule is Cc1cccc(N2C(=O)NC(=O)/C(=C\c3ccccc3[N+](=O)[O-])C2=O)c1. The Morgan fingerprint density at radius 2 is 1.81 bits per heavy atom. The van der Waals surface area contributed by atoms with E-state index in [1.54, 1.807) is 37.3 Å². The predicted octanol–water partition coefficient (Wildman–Crippen LogP) is 2.57. The number of benzene rings is 2. The molecule has 4 amide bonds. The van der Waals surface area contributed by atoms with E-state index in [0.29, 0.717) is 5.69 Å². The maximum atomic E-state index is 12.7. The summed E-state index contributed by atoms with van der Waals surface area (Å²) in [6.45, 7) is 1.80. The maximum Gasteiger partial charge on any atom is 0.335 e. The van der Waals surface area contributed by atoms with Crippen molar-refractivity contribution in [3.8, 4) is 0 Å². The van der Waals surface area contributed by atoms with Gasteiger partial charge in [0.05, 0.1) is 16.2 Å². The molecule has 1 N–H and O–H groups in total. The summed E-state index contributed by atoms with van der Waals surface area (Å²) in [5.41, 5.74) is 0.604. The molecular formula is C18H13N3O5. The molecule has 1 fully saturated rings. The lowest BCUT2D eigenvalue weighted by Gasteiger charge is -2.26. The molecule has 1 aliphatic heterocycles. The molecule has 1 saturated heterocycles. The van der Waals surface area contributed by atoms with Crippen molar-refractivity contribution in [2.75, 3.05) is 4.90 Å². The summed E-state index contributed by atoms with van der Waals surface area (Å²) in [7, 11) is 0. The third kappa shape index (κ3) is 3.07. The maximum absolute atomic E-state index is 12.7. The van der Waals surface area contributed by atoms with Crippen molar-refractivity contribution < 1.29 is 19.3 Å². The van der Waals surface area contributed by atoms with Crippen molar-refractivity contribution in [3.63, 3.8) is 0 Å². The van der Waals surface area contributed by atoms with Crippen LogP contribution in [0.3, 0.4) is 0 Å². The molecule has 2 aromatic carbocycles. The number of amides is 4. The molecule has 0 atom stereocenters. The van der Waals surface area contributed by atoms with Crippen LogP contribution in [-0.2, 0) is 9.59 Å². The molecule has 2 aromatic rings. The van der Waals surface area contributed by atoms with Crippen molar-refractivity contribution in [1.29, 1.82) is 0 Å². The molecule has 3 rings (SSSR count). The number of carbonyl (C=O) groups is 3. The summed E-state index contributed by atoms with van der Waals surface area (Å²) < 4.78 is 0. The van der Waals surface area contributed by atoms with E-state index in [1.807, 2.05) is 0 Å². The Balaban J connectivity index is 2.08. The summed E-state index contributed by atoms with van der Waals surface area (Å²) in [4.78, 5) is 48.4. The topological polar surface area (TPSA) is 110 Å². The number of urea groups is 1. The van der Waals surface area contributed by atoms with E-state index in [4.69, 9.17) is 0 Å². The summed E-state index contributed by atoms with van der Waals surface area (Å²) in [6.07, 6.45) is 1.12. The van der Waals surface area contributed by atoms with Gasteiger partial charge in [-0.3, -0.25) is 25.0 Å². The first-order chi connectivity index (χ1) is 12.4. The lowest BCUT2D eigenvalue weighted by Crippen LogP contribution is -2.54. The highest BCUT2D eigenvalue weighted by Gasteiger charge is 2.37. The molecule has 1 heterocycles. The number of nitro groups is 1. The number of nitro benzene ring substituents is 1. The monoisotopic (exact) mass is 351 g/mol. The van der Waals surface area contributed by atoms with Crippen LogP contribution in [-0.4, -0.2) is 22.8 Å². The van der Waals surface area contributed by atoms with Crippen molar-refractivity contribution >= 4 is 35.3 Å². The third-order valence-electron chi connectivity index (χ3n) is 3.79. The van der Waals surface area contributed by atoms with Crippen molar-refractivity contribution in [2.24, 2.45) is 0 Å². The van der Waals surface area contributed by atoms with E-state index in [2.05, 4.69) is 5.32 Å². The number of hydrogen-bond donors (Lipinski definition) is 1. The van der Waals surface area contributed by atoms with Crippen LogP contribution < -0.4 is 10.2 Å². The number of imide groups is 2. The quantitative estimate of drug-likeness (QED) is 0.395. The van der Waals surface area contributed by atoms with E-state index >= 15 is 0 Å². The third-order valence-corrected chi connectivity index (χ3v) is 3.79. The molecule has 0 spiro atoms. The van der Waals surface area contributed by atoms with Gasteiger partial charge in [-0.25, -0.2) is 9.69 Å². The summed E-state index contributed by atoms with van der Waals surface area (Å²) in [5, 5.41) is 13.2. The van der Waals surface area contributed by atoms with Crippen LogP contribution in [0, 0.1) is 17.0 Å². The number of barbiturate groups is 1. The summed E-state index contributed by atoms with van der Waals surface area (Å²) >= 11 is 0. The zero-order valence-corrected chi connectivity index (χ0v) is 13.6. The molecule has 130 valence electrons. The number of rotatable bonds is 3. The minimum atomic E-state index is -0.901. The Kier molecular flexibility index (Phi) is 4.32. The molecule has 8 heteroatoms. The molecule has 0 unspecified atom stereocenters. The number of carbonyl (C=O) groups excluding carboxylic acids is 3. The van der Waals surface area contributed by atoms with Gasteiger partial charge in [0.2, 0.25) is 0 Å². The lowest BCUT2D eigenvalue weighted by atomic mass is 10.1. The second-order valence-corrected chi connectivity index (χ2v) is 5.61. The first-order valence-corrected chi connectivity index (χ1v) is 7.60. The summed E-state index contributed by atoms with van der Waals surface area (Å²) in [5.74, 6) is -1.75. The number of para-hydroxylation sites is 1. The highest BCUT2D eigenvalue weighted by molar-refractivity contribution is 6.39. The molecule has 26 heavy (non-hydrogen) atoms. The standard InChI is InChI=1S/C18H13N3O5/c1-11-5-4-7-13(9-11)20-17(23)14(16(22)19-18(20)24)10-12-6-2-3-8-15(12)21(25)26/h2-10H,1H3,(H,19,22,24)/b14-10+. The molecule has 0 aromatic heterocycles. The van der Waals surface area contributed by atoms with E-state index in [1.165, 1.54) is 18.2 Å². The van der Waals surface area contributed by atoms with E-state index < -0.39 is 22.8 Å². The minimum Gasteiger partial charge on any atom is -0.273 e. The smallest absolute Gasteiger partial charge is 0.273 e. The van der Waals surface area contributed by atoms with Crippen molar-refractivity contribution in [2.45, 2.75) is 6.92 Å². The van der Waals surface area contributed by atoms with Crippen LogP contribution in [0.1, 0.15) is 11.1 Å². The van der Waals surface area contributed by atoms with Gasteiger partial charge in [-0.05, 0) is 36.8 Å². The Labute approximate surface area is 147 Å².